The molecule has 22 heavy (non-hydrogen) atoms. The summed E-state index contributed by atoms with van der Waals surface area (Å²) in [5.41, 5.74) is 1.81. The van der Waals surface area contributed by atoms with Gasteiger partial charge in [0.1, 0.15) is 17.7 Å². The van der Waals surface area contributed by atoms with Crippen molar-refractivity contribution in [3.05, 3.63) is 41.4 Å². The van der Waals surface area contributed by atoms with Crippen molar-refractivity contribution in [1.82, 2.24) is 15.0 Å². The maximum absolute atomic E-state index is 7.07. The molecule has 6 nitrogen and oxygen atoms in total. The number of nitrogens with one attached hydrogen (secondary N) is 1. The van der Waals surface area contributed by atoms with Crippen molar-refractivity contribution in [3.63, 3.8) is 0 Å². The lowest BCUT2D eigenvalue weighted by atomic mass is 10.1. The molecule has 0 saturated heterocycles. The van der Waals surface area contributed by atoms with Crippen LogP contribution in [0.15, 0.2) is 30.6 Å². The van der Waals surface area contributed by atoms with Gasteiger partial charge in [0.25, 0.3) is 0 Å². The molecule has 116 valence electrons. The molecule has 1 atom stereocenters. The summed E-state index contributed by atoms with van der Waals surface area (Å²) >= 11 is 6.18. The third kappa shape index (κ3) is 4.16. The largest absolute Gasteiger partial charge is 0.487 e. The molecular weight excluding hydrogens is 302 g/mol. The highest BCUT2D eigenvalue weighted by Gasteiger charge is 2.11. The van der Waals surface area contributed by atoms with Gasteiger partial charge in [0.05, 0.1) is 17.9 Å². The smallest absolute Gasteiger partial charge is 0.139 e. The predicted molar refractivity (Wildman–Crippen MR) is 87.0 cm³/mol. The number of aryl methyl sites for hydroxylation is 1. The minimum absolute atomic E-state index is 0.214. The lowest BCUT2D eigenvalue weighted by Crippen LogP contribution is -2.37. The van der Waals surface area contributed by atoms with Gasteiger partial charge in [0.2, 0.25) is 0 Å². The molecule has 1 heterocycles. The Kier molecular flexibility index (Phi) is 5.30. The van der Waals surface area contributed by atoms with Crippen LogP contribution in [0.3, 0.4) is 0 Å². The second-order valence-electron chi connectivity index (χ2n) is 4.92. The van der Waals surface area contributed by atoms with Crippen LogP contribution in [0, 0.1) is 12.3 Å². The Morgan fingerprint density at radius 3 is 2.68 bits per heavy atom. The van der Waals surface area contributed by atoms with Crippen molar-refractivity contribution in [2.45, 2.75) is 20.0 Å². The molecule has 2 aromatic rings. The first-order chi connectivity index (χ1) is 10.5. The fourth-order valence-electron chi connectivity index (χ4n) is 1.92. The monoisotopic (exact) mass is 319 g/mol. The summed E-state index contributed by atoms with van der Waals surface area (Å²) in [6.07, 6.45) is 4.35. The first-order valence-corrected chi connectivity index (χ1v) is 7.14. The van der Waals surface area contributed by atoms with Gasteiger partial charge in [-0.2, -0.15) is 0 Å². The Morgan fingerprint density at radius 2 is 2.05 bits per heavy atom. The van der Waals surface area contributed by atoms with Crippen molar-refractivity contribution < 1.29 is 4.74 Å². The summed E-state index contributed by atoms with van der Waals surface area (Å²) in [6.45, 7) is 4.09. The van der Waals surface area contributed by atoms with Crippen molar-refractivity contribution in [2.75, 3.05) is 6.54 Å². The standard InChI is InChI=1S/C15H18ClN5O/c1-10(8-21(18)9-17)22-15-5-12(3-4-14(15)16)13-6-19-11(2)20-7-13/h3-7,9-10,17H,8,18H2,1-2H3/t10-/m0/s1. The van der Waals surface area contributed by atoms with E-state index in [-0.39, 0.29) is 6.10 Å². The van der Waals surface area contributed by atoms with E-state index in [0.717, 1.165) is 23.3 Å². The van der Waals surface area contributed by atoms with Gasteiger partial charge in [-0.3, -0.25) is 10.4 Å². The Balaban J connectivity index is 2.19. The van der Waals surface area contributed by atoms with Crippen LogP contribution in [0.1, 0.15) is 12.7 Å². The van der Waals surface area contributed by atoms with E-state index in [1.165, 1.54) is 5.01 Å². The molecule has 0 spiro atoms. The fourth-order valence-corrected chi connectivity index (χ4v) is 2.08. The van der Waals surface area contributed by atoms with Gasteiger partial charge in [-0.1, -0.05) is 17.7 Å². The SMILES string of the molecule is Cc1ncc(-c2ccc(Cl)c(O[C@@H](C)CN(N)C=N)c2)cn1. The number of ether oxygens (including phenoxy) is 1. The zero-order chi connectivity index (χ0) is 16.1. The molecule has 2 rings (SSSR count). The quantitative estimate of drug-likeness (QED) is 0.370. The van der Waals surface area contributed by atoms with E-state index in [1.807, 2.05) is 26.0 Å². The van der Waals surface area contributed by atoms with E-state index in [4.69, 9.17) is 27.6 Å². The molecule has 0 radical (unpaired) electrons. The lowest BCUT2D eigenvalue weighted by Gasteiger charge is -2.20. The second kappa shape index (κ2) is 7.20. The number of nitrogens with two attached hydrogens (primary N) is 1. The Labute approximate surface area is 134 Å². The van der Waals surface area contributed by atoms with Crippen LogP contribution in [-0.2, 0) is 0 Å². The normalized spacial score (nSPS) is 11.8. The van der Waals surface area contributed by atoms with Gasteiger partial charge in [0, 0.05) is 18.0 Å². The molecule has 0 saturated carbocycles. The van der Waals surface area contributed by atoms with E-state index >= 15 is 0 Å². The van der Waals surface area contributed by atoms with Crippen LogP contribution in [0.5, 0.6) is 5.75 Å². The Bertz CT molecular complexity index is 647. The highest BCUT2D eigenvalue weighted by molar-refractivity contribution is 6.32. The van der Waals surface area contributed by atoms with Gasteiger partial charge in [-0.15, -0.1) is 0 Å². The van der Waals surface area contributed by atoms with E-state index in [0.29, 0.717) is 17.3 Å². The van der Waals surface area contributed by atoms with Crippen LogP contribution in [-0.4, -0.2) is 34.0 Å². The van der Waals surface area contributed by atoms with Crippen molar-refractivity contribution in [3.8, 4) is 16.9 Å². The molecule has 0 aliphatic heterocycles. The minimum Gasteiger partial charge on any atom is -0.487 e. The topological polar surface area (TPSA) is 88.1 Å². The first-order valence-electron chi connectivity index (χ1n) is 6.76. The number of rotatable bonds is 6. The van der Waals surface area contributed by atoms with Crippen molar-refractivity contribution in [1.29, 1.82) is 5.41 Å². The molecule has 1 aromatic carbocycles. The number of hydrazine groups is 1. The first kappa shape index (κ1) is 16.2. The molecule has 0 unspecified atom stereocenters. The van der Waals surface area contributed by atoms with Crippen LogP contribution < -0.4 is 10.6 Å². The van der Waals surface area contributed by atoms with E-state index < -0.39 is 0 Å². The molecule has 1 aromatic heterocycles. The minimum atomic E-state index is -0.214. The lowest BCUT2D eigenvalue weighted by molar-refractivity contribution is 0.185. The molecule has 0 aliphatic rings. The van der Waals surface area contributed by atoms with E-state index in [1.54, 1.807) is 18.5 Å². The number of aromatic nitrogens is 2. The molecule has 0 fully saturated rings. The third-order valence-corrected chi connectivity index (χ3v) is 3.32. The summed E-state index contributed by atoms with van der Waals surface area (Å²) in [5.74, 6) is 6.84. The zero-order valence-electron chi connectivity index (χ0n) is 12.5. The molecular formula is C15H18ClN5O. The van der Waals surface area contributed by atoms with E-state index in [9.17, 15) is 0 Å². The Hall–Kier alpha value is -2.18. The van der Waals surface area contributed by atoms with Gasteiger partial charge < -0.3 is 4.74 Å². The highest BCUT2D eigenvalue weighted by atomic mass is 35.5. The molecule has 7 heteroatoms. The second-order valence-corrected chi connectivity index (χ2v) is 5.33. The molecule has 3 N–H and O–H groups in total. The zero-order valence-corrected chi connectivity index (χ0v) is 13.2. The predicted octanol–water partition coefficient (Wildman–Crippen LogP) is 2.66. The third-order valence-electron chi connectivity index (χ3n) is 3.01. The van der Waals surface area contributed by atoms with Gasteiger partial charge in [-0.25, -0.2) is 15.8 Å². The highest BCUT2D eigenvalue weighted by Crippen LogP contribution is 2.30. The summed E-state index contributed by atoms with van der Waals surface area (Å²) < 4.78 is 5.81. The van der Waals surface area contributed by atoms with Crippen LogP contribution in [0.4, 0.5) is 0 Å². The summed E-state index contributed by atoms with van der Waals surface area (Å²) in [5, 5.41) is 8.83. The number of halogens is 1. The maximum atomic E-state index is 7.07. The average molecular weight is 320 g/mol. The Morgan fingerprint density at radius 1 is 1.36 bits per heavy atom. The summed E-state index contributed by atoms with van der Waals surface area (Å²) in [6, 6.07) is 5.51. The molecule has 0 bridgehead atoms. The van der Waals surface area contributed by atoms with Gasteiger partial charge in [-0.05, 0) is 31.5 Å². The summed E-state index contributed by atoms with van der Waals surface area (Å²) in [4.78, 5) is 8.37. The van der Waals surface area contributed by atoms with E-state index in [2.05, 4.69) is 9.97 Å². The average Bonchev–Trinajstić information content (AvgIpc) is 2.50. The number of hydrogen-bond acceptors (Lipinski definition) is 5. The number of benzene rings is 1. The summed E-state index contributed by atoms with van der Waals surface area (Å²) in [7, 11) is 0. The fraction of sp³-hybridized carbons (Fsp3) is 0.267. The number of nitrogens with zero attached hydrogens (tertiary/aromatic N) is 3. The molecule has 0 aliphatic carbocycles. The molecule has 0 amide bonds. The number of hydrogen-bond donors (Lipinski definition) is 2. The van der Waals surface area contributed by atoms with Gasteiger partial charge >= 0.3 is 0 Å². The van der Waals surface area contributed by atoms with Crippen LogP contribution >= 0.6 is 11.6 Å². The van der Waals surface area contributed by atoms with Crippen molar-refractivity contribution >= 4 is 17.9 Å². The maximum Gasteiger partial charge on any atom is 0.139 e. The van der Waals surface area contributed by atoms with Gasteiger partial charge in [0.15, 0.2) is 0 Å². The van der Waals surface area contributed by atoms with Crippen molar-refractivity contribution in [2.24, 2.45) is 5.84 Å². The van der Waals surface area contributed by atoms with Crippen LogP contribution in [0.25, 0.3) is 11.1 Å². The van der Waals surface area contributed by atoms with Crippen LogP contribution in [0.2, 0.25) is 5.02 Å².